The van der Waals surface area contributed by atoms with Crippen molar-refractivity contribution in [1.29, 1.82) is 0 Å². The second-order valence-electron chi connectivity index (χ2n) is 6.47. The van der Waals surface area contributed by atoms with Gasteiger partial charge in [-0.1, -0.05) is 6.07 Å². The van der Waals surface area contributed by atoms with Crippen molar-refractivity contribution in [2.45, 2.75) is 19.1 Å². The van der Waals surface area contributed by atoms with Crippen molar-refractivity contribution in [3.8, 4) is 11.1 Å². The summed E-state index contributed by atoms with van der Waals surface area (Å²) in [5.41, 5.74) is -0.0984. The van der Waals surface area contributed by atoms with Crippen LogP contribution in [0.5, 0.6) is 0 Å². The molecule has 10 heteroatoms. The van der Waals surface area contributed by atoms with Crippen molar-refractivity contribution in [3.05, 3.63) is 47.8 Å². The van der Waals surface area contributed by atoms with Gasteiger partial charge in [0.1, 0.15) is 24.1 Å². The van der Waals surface area contributed by atoms with Gasteiger partial charge in [-0.25, -0.2) is 22.5 Å². The van der Waals surface area contributed by atoms with Crippen LogP contribution in [0.1, 0.15) is 12.0 Å². The molecule has 0 N–H and O–H groups in total. The molecule has 2 aromatic heterocycles. The van der Waals surface area contributed by atoms with Crippen LogP contribution in [0.4, 0.5) is 22.0 Å². The Morgan fingerprint density at radius 1 is 1.18 bits per heavy atom. The minimum atomic E-state index is -2.99. The van der Waals surface area contributed by atoms with Crippen LogP contribution < -0.4 is 0 Å². The number of carbonyl (C=O) groups excluding carboxylic acids is 1. The zero-order valence-corrected chi connectivity index (χ0v) is 14.2. The SMILES string of the molecule is O=C(Cn1nc(F)c2ncc(-c3ccc(F)c(C(F)F)c3)cc21)N1CC(F)C1. The molecule has 3 heterocycles. The smallest absolute Gasteiger partial charge is 0.266 e. The Kier molecular flexibility index (Phi) is 4.48. The molecule has 0 unspecified atom stereocenters. The van der Waals surface area contributed by atoms with Crippen molar-refractivity contribution in [1.82, 2.24) is 19.7 Å². The second kappa shape index (κ2) is 6.84. The Labute approximate surface area is 155 Å². The minimum Gasteiger partial charge on any atom is -0.335 e. The summed E-state index contributed by atoms with van der Waals surface area (Å²) in [6.07, 6.45) is -2.80. The van der Waals surface area contributed by atoms with E-state index in [1.165, 1.54) is 23.2 Å². The first-order valence-corrected chi connectivity index (χ1v) is 8.35. The first-order chi connectivity index (χ1) is 13.3. The molecule has 0 atom stereocenters. The molecule has 28 heavy (non-hydrogen) atoms. The van der Waals surface area contributed by atoms with Crippen LogP contribution in [-0.2, 0) is 11.3 Å². The van der Waals surface area contributed by atoms with E-state index in [-0.39, 0.29) is 36.2 Å². The third-order valence-corrected chi connectivity index (χ3v) is 4.59. The first-order valence-electron chi connectivity index (χ1n) is 8.35. The molecule has 1 aliphatic rings. The highest BCUT2D eigenvalue weighted by Gasteiger charge is 2.31. The monoisotopic (exact) mass is 396 g/mol. The third-order valence-electron chi connectivity index (χ3n) is 4.59. The standard InChI is InChI=1S/C18H13F5N4O/c19-11-6-26(7-11)15(28)8-27-14-4-10(5-24-16(14)18(23)25-27)9-1-2-13(20)12(3-9)17(21)22/h1-5,11,17H,6-8H2. The fraction of sp³-hybridized carbons (Fsp3) is 0.278. The van der Waals surface area contributed by atoms with Crippen LogP contribution in [0.3, 0.4) is 0 Å². The van der Waals surface area contributed by atoms with E-state index < -0.39 is 35.8 Å². The maximum Gasteiger partial charge on any atom is 0.266 e. The van der Waals surface area contributed by atoms with Crippen LogP contribution >= 0.6 is 0 Å². The first kappa shape index (κ1) is 18.3. The summed E-state index contributed by atoms with van der Waals surface area (Å²) in [5.74, 6) is -2.35. The summed E-state index contributed by atoms with van der Waals surface area (Å²) >= 11 is 0. The predicted molar refractivity (Wildman–Crippen MR) is 89.3 cm³/mol. The van der Waals surface area contributed by atoms with Crippen LogP contribution in [0.2, 0.25) is 0 Å². The van der Waals surface area contributed by atoms with E-state index in [1.54, 1.807) is 0 Å². The van der Waals surface area contributed by atoms with Gasteiger partial charge in [0.2, 0.25) is 5.91 Å². The van der Waals surface area contributed by atoms with E-state index in [2.05, 4.69) is 10.1 Å². The number of pyridine rings is 1. The lowest BCUT2D eigenvalue weighted by Crippen LogP contribution is -2.52. The molecule has 1 fully saturated rings. The Hall–Kier alpha value is -3.04. The fourth-order valence-corrected chi connectivity index (χ4v) is 3.04. The van der Waals surface area contributed by atoms with Gasteiger partial charge in [-0.15, -0.1) is 5.10 Å². The van der Waals surface area contributed by atoms with Gasteiger partial charge in [0.25, 0.3) is 12.4 Å². The molecule has 3 aromatic rings. The highest BCUT2D eigenvalue weighted by Crippen LogP contribution is 2.29. The van der Waals surface area contributed by atoms with Crippen LogP contribution in [-0.4, -0.2) is 44.8 Å². The molecule has 0 aliphatic carbocycles. The minimum absolute atomic E-state index is 0.0179. The molecule has 1 saturated heterocycles. The van der Waals surface area contributed by atoms with Crippen LogP contribution in [0.25, 0.3) is 22.2 Å². The van der Waals surface area contributed by atoms with Gasteiger partial charge in [0.05, 0.1) is 24.2 Å². The highest BCUT2D eigenvalue weighted by atomic mass is 19.3. The number of rotatable bonds is 4. The molecule has 1 amide bonds. The molecular weight excluding hydrogens is 383 g/mol. The molecule has 4 rings (SSSR count). The van der Waals surface area contributed by atoms with Crippen molar-refractivity contribution >= 4 is 16.9 Å². The van der Waals surface area contributed by atoms with Gasteiger partial charge in [0.15, 0.2) is 0 Å². The van der Waals surface area contributed by atoms with E-state index in [4.69, 9.17) is 0 Å². The molecule has 146 valence electrons. The van der Waals surface area contributed by atoms with Gasteiger partial charge < -0.3 is 4.90 Å². The molecule has 0 radical (unpaired) electrons. The summed E-state index contributed by atoms with van der Waals surface area (Å²) in [6, 6.07) is 4.64. The van der Waals surface area contributed by atoms with Crippen molar-refractivity contribution < 1.29 is 26.7 Å². The number of likely N-dealkylation sites (tertiary alicyclic amines) is 1. The number of carbonyl (C=O) groups is 1. The maximum atomic E-state index is 14.0. The lowest BCUT2D eigenvalue weighted by Gasteiger charge is -2.34. The van der Waals surface area contributed by atoms with Gasteiger partial charge in [-0.3, -0.25) is 9.48 Å². The van der Waals surface area contributed by atoms with Crippen LogP contribution in [0.15, 0.2) is 30.5 Å². The van der Waals surface area contributed by atoms with Crippen molar-refractivity contribution in [2.75, 3.05) is 13.1 Å². The molecule has 1 aromatic carbocycles. The number of hydrogen-bond donors (Lipinski definition) is 0. The molecule has 0 saturated carbocycles. The number of amides is 1. The topological polar surface area (TPSA) is 51.0 Å². The number of hydrogen-bond acceptors (Lipinski definition) is 3. The van der Waals surface area contributed by atoms with Crippen molar-refractivity contribution in [3.63, 3.8) is 0 Å². The molecule has 0 spiro atoms. The maximum absolute atomic E-state index is 14.0. The summed E-state index contributed by atoms with van der Waals surface area (Å²) in [6.45, 7) is -0.351. The van der Waals surface area contributed by atoms with E-state index in [1.807, 2.05) is 0 Å². The van der Waals surface area contributed by atoms with E-state index >= 15 is 0 Å². The highest BCUT2D eigenvalue weighted by molar-refractivity contribution is 5.83. The zero-order valence-electron chi connectivity index (χ0n) is 14.2. The van der Waals surface area contributed by atoms with Gasteiger partial charge in [-0.05, 0) is 23.8 Å². The normalized spacial score (nSPS) is 14.7. The van der Waals surface area contributed by atoms with E-state index in [9.17, 15) is 26.7 Å². The molecule has 1 aliphatic heterocycles. The van der Waals surface area contributed by atoms with Gasteiger partial charge >= 0.3 is 0 Å². The average Bonchev–Trinajstić information content (AvgIpc) is 2.94. The fourth-order valence-electron chi connectivity index (χ4n) is 3.04. The lowest BCUT2D eigenvalue weighted by molar-refractivity contribution is -0.139. The summed E-state index contributed by atoms with van der Waals surface area (Å²) in [7, 11) is 0. The number of alkyl halides is 3. The summed E-state index contributed by atoms with van der Waals surface area (Å²) < 4.78 is 67.4. The Morgan fingerprint density at radius 2 is 1.93 bits per heavy atom. The number of benzene rings is 1. The van der Waals surface area contributed by atoms with Crippen LogP contribution in [0, 0.1) is 11.8 Å². The largest absolute Gasteiger partial charge is 0.335 e. The Morgan fingerprint density at radius 3 is 2.61 bits per heavy atom. The Balaban J connectivity index is 1.70. The average molecular weight is 396 g/mol. The quantitative estimate of drug-likeness (QED) is 0.635. The number of fused-ring (bicyclic) bond motifs is 1. The number of halogens is 5. The molecule has 5 nitrogen and oxygen atoms in total. The molecular formula is C18H13F5N4O. The van der Waals surface area contributed by atoms with Crippen molar-refractivity contribution in [2.24, 2.45) is 0 Å². The number of aromatic nitrogens is 3. The third kappa shape index (κ3) is 3.19. The Bertz CT molecular complexity index is 1060. The van der Waals surface area contributed by atoms with E-state index in [0.29, 0.717) is 5.56 Å². The summed E-state index contributed by atoms with van der Waals surface area (Å²) in [4.78, 5) is 17.4. The zero-order chi connectivity index (χ0) is 20.0. The van der Waals surface area contributed by atoms with Gasteiger partial charge in [0, 0.05) is 11.8 Å². The molecule has 0 bridgehead atoms. The van der Waals surface area contributed by atoms with Gasteiger partial charge in [-0.2, -0.15) is 4.39 Å². The lowest BCUT2D eigenvalue weighted by atomic mass is 10.0. The predicted octanol–water partition coefficient (Wildman–Crippen LogP) is 3.49. The summed E-state index contributed by atoms with van der Waals surface area (Å²) in [5, 5.41) is 3.65. The number of nitrogens with zero attached hydrogens (tertiary/aromatic N) is 4. The second-order valence-corrected chi connectivity index (χ2v) is 6.47. The van der Waals surface area contributed by atoms with E-state index in [0.717, 1.165) is 16.8 Å².